The maximum Gasteiger partial charge on any atom is 0.221 e. The number of anilines is 1. The van der Waals surface area contributed by atoms with Crippen LogP contribution in [-0.2, 0) is 11.2 Å². The highest BCUT2D eigenvalue weighted by molar-refractivity contribution is 6.33. The van der Waals surface area contributed by atoms with Gasteiger partial charge in [-0.15, -0.1) is 0 Å². The molecule has 64 valence electrons. The van der Waals surface area contributed by atoms with Gasteiger partial charge in [-0.05, 0) is 17.7 Å². The van der Waals surface area contributed by atoms with Crippen LogP contribution in [0.3, 0.4) is 0 Å². The van der Waals surface area contributed by atoms with E-state index in [2.05, 4.69) is 0 Å². The Balaban J connectivity index is 2.89. The first kappa shape index (κ1) is 8.87. The molecule has 0 heterocycles. The van der Waals surface area contributed by atoms with Crippen LogP contribution in [0.2, 0.25) is 5.02 Å². The molecular weight excluding hydrogens is 176 g/mol. The summed E-state index contributed by atoms with van der Waals surface area (Å²) in [6, 6.07) is 5.02. The predicted molar refractivity (Wildman–Crippen MR) is 48.8 cm³/mol. The van der Waals surface area contributed by atoms with Gasteiger partial charge in [0.25, 0.3) is 0 Å². The third-order valence-corrected chi connectivity index (χ3v) is 1.78. The minimum absolute atomic E-state index is 0.196. The van der Waals surface area contributed by atoms with Gasteiger partial charge in [0.2, 0.25) is 5.91 Å². The quantitative estimate of drug-likeness (QED) is 0.672. The molecule has 0 unspecified atom stereocenters. The van der Waals surface area contributed by atoms with Gasteiger partial charge in [0.15, 0.2) is 0 Å². The van der Waals surface area contributed by atoms with Crippen molar-refractivity contribution in [1.82, 2.24) is 0 Å². The van der Waals surface area contributed by atoms with Gasteiger partial charge >= 0.3 is 0 Å². The van der Waals surface area contributed by atoms with Crippen LogP contribution >= 0.6 is 11.6 Å². The Morgan fingerprint density at radius 1 is 1.50 bits per heavy atom. The molecule has 0 fully saturated rings. The SMILES string of the molecule is NC(=O)Cc1ccc(Cl)c(N)c1. The zero-order chi connectivity index (χ0) is 9.14. The molecule has 4 N–H and O–H groups in total. The van der Waals surface area contributed by atoms with Crippen LogP contribution < -0.4 is 11.5 Å². The zero-order valence-electron chi connectivity index (χ0n) is 6.38. The summed E-state index contributed by atoms with van der Waals surface area (Å²) in [5.74, 6) is -0.378. The second-order valence-electron chi connectivity index (χ2n) is 2.50. The molecule has 0 saturated heterocycles. The van der Waals surface area contributed by atoms with E-state index >= 15 is 0 Å². The number of halogens is 1. The van der Waals surface area contributed by atoms with Crippen LogP contribution in [0.15, 0.2) is 18.2 Å². The molecule has 1 amide bonds. The number of carbonyl (C=O) groups excluding carboxylic acids is 1. The first-order chi connectivity index (χ1) is 5.59. The highest BCUT2D eigenvalue weighted by Gasteiger charge is 2.00. The van der Waals surface area contributed by atoms with Crippen LogP contribution in [0, 0.1) is 0 Å². The Kier molecular flexibility index (Phi) is 2.55. The fourth-order valence-electron chi connectivity index (χ4n) is 0.904. The number of carbonyl (C=O) groups is 1. The van der Waals surface area contributed by atoms with Crippen LogP contribution in [0.4, 0.5) is 5.69 Å². The number of rotatable bonds is 2. The summed E-state index contributed by atoms with van der Waals surface area (Å²) in [6.07, 6.45) is 0.196. The summed E-state index contributed by atoms with van der Waals surface area (Å²) >= 11 is 5.68. The van der Waals surface area contributed by atoms with Crippen molar-refractivity contribution >= 4 is 23.2 Å². The maximum atomic E-state index is 10.5. The molecule has 1 aromatic carbocycles. The Morgan fingerprint density at radius 3 is 2.67 bits per heavy atom. The Hall–Kier alpha value is -1.22. The Morgan fingerprint density at radius 2 is 2.17 bits per heavy atom. The molecule has 0 aliphatic carbocycles. The molecule has 1 aromatic rings. The molecule has 0 atom stereocenters. The van der Waals surface area contributed by atoms with Crippen molar-refractivity contribution in [2.24, 2.45) is 5.73 Å². The summed E-state index contributed by atoms with van der Waals surface area (Å²) in [7, 11) is 0. The molecule has 3 nitrogen and oxygen atoms in total. The first-order valence-electron chi connectivity index (χ1n) is 3.42. The average molecular weight is 185 g/mol. The molecule has 0 radical (unpaired) electrons. The van der Waals surface area contributed by atoms with E-state index < -0.39 is 0 Å². The molecule has 0 aliphatic rings. The highest BCUT2D eigenvalue weighted by Crippen LogP contribution is 2.19. The zero-order valence-corrected chi connectivity index (χ0v) is 7.14. The Bertz CT molecular complexity index is 312. The van der Waals surface area contributed by atoms with Gasteiger partial charge in [-0.2, -0.15) is 0 Å². The monoisotopic (exact) mass is 184 g/mol. The van der Waals surface area contributed by atoms with E-state index in [0.717, 1.165) is 5.56 Å². The molecule has 0 saturated carbocycles. The molecule has 1 rings (SSSR count). The molecule has 0 aliphatic heterocycles. The number of benzene rings is 1. The number of primary amides is 1. The average Bonchev–Trinajstić information content (AvgIpc) is 1.96. The third-order valence-electron chi connectivity index (χ3n) is 1.44. The molecule has 0 bridgehead atoms. The van der Waals surface area contributed by atoms with Crippen molar-refractivity contribution in [3.8, 4) is 0 Å². The van der Waals surface area contributed by atoms with Crippen molar-refractivity contribution in [1.29, 1.82) is 0 Å². The van der Waals surface area contributed by atoms with Gasteiger partial charge in [0.1, 0.15) is 0 Å². The van der Waals surface area contributed by atoms with Crippen LogP contribution in [-0.4, -0.2) is 5.91 Å². The highest BCUT2D eigenvalue weighted by atomic mass is 35.5. The molecule has 4 heteroatoms. The summed E-state index contributed by atoms with van der Waals surface area (Å²) in [5, 5.41) is 0.489. The molecular formula is C8H9ClN2O. The van der Waals surface area contributed by atoms with Crippen molar-refractivity contribution in [2.45, 2.75) is 6.42 Å². The van der Waals surface area contributed by atoms with Crippen LogP contribution in [0.25, 0.3) is 0 Å². The number of amides is 1. The van der Waals surface area contributed by atoms with Gasteiger partial charge in [0.05, 0.1) is 17.1 Å². The standard InChI is InChI=1S/C8H9ClN2O/c9-6-2-1-5(3-7(6)10)4-8(11)12/h1-3H,4,10H2,(H2,11,12). The summed E-state index contributed by atoms with van der Waals surface area (Å²) < 4.78 is 0. The number of hydrogen-bond donors (Lipinski definition) is 2. The van der Waals surface area contributed by atoms with Gasteiger partial charge in [-0.25, -0.2) is 0 Å². The smallest absolute Gasteiger partial charge is 0.221 e. The van der Waals surface area contributed by atoms with Crippen molar-refractivity contribution < 1.29 is 4.79 Å². The van der Waals surface area contributed by atoms with Crippen molar-refractivity contribution in [2.75, 3.05) is 5.73 Å². The molecule has 0 spiro atoms. The topological polar surface area (TPSA) is 69.1 Å². The summed E-state index contributed by atoms with van der Waals surface area (Å²) in [5.41, 5.74) is 11.8. The maximum absolute atomic E-state index is 10.5. The van der Waals surface area contributed by atoms with Crippen molar-refractivity contribution in [3.63, 3.8) is 0 Å². The summed E-state index contributed by atoms with van der Waals surface area (Å²) in [4.78, 5) is 10.5. The fourth-order valence-corrected chi connectivity index (χ4v) is 1.02. The predicted octanol–water partition coefficient (Wildman–Crippen LogP) is 0.950. The lowest BCUT2D eigenvalue weighted by molar-refractivity contribution is -0.117. The van der Waals surface area contributed by atoms with Gasteiger partial charge in [-0.3, -0.25) is 4.79 Å². The number of nitrogen functional groups attached to an aromatic ring is 1. The van der Waals surface area contributed by atoms with E-state index in [9.17, 15) is 4.79 Å². The van der Waals surface area contributed by atoms with E-state index in [1.807, 2.05) is 0 Å². The normalized spacial score (nSPS) is 9.75. The first-order valence-corrected chi connectivity index (χ1v) is 3.79. The minimum atomic E-state index is -0.378. The van der Waals surface area contributed by atoms with Crippen LogP contribution in [0.5, 0.6) is 0 Å². The van der Waals surface area contributed by atoms with Crippen LogP contribution in [0.1, 0.15) is 5.56 Å². The number of hydrogen-bond acceptors (Lipinski definition) is 2. The third kappa shape index (κ3) is 2.13. The van der Waals surface area contributed by atoms with E-state index in [4.69, 9.17) is 23.1 Å². The minimum Gasteiger partial charge on any atom is -0.398 e. The largest absolute Gasteiger partial charge is 0.398 e. The lowest BCUT2D eigenvalue weighted by Crippen LogP contribution is -2.13. The van der Waals surface area contributed by atoms with Gasteiger partial charge < -0.3 is 11.5 Å². The second kappa shape index (κ2) is 3.45. The Labute approximate surface area is 75.3 Å². The van der Waals surface area contributed by atoms with Gasteiger partial charge in [-0.1, -0.05) is 17.7 Å². The molecule has 12 heavy (non-hydrogen) atoms. The van der Waals surface area contributed by atoms with E-state index in [1.165, 1.54) is 0 Å². The van der Waals surface area contributed by atoms with E-state index in [0.29, 0.717) is 10.7 Å². The van der Waals surface area contributed by atoms with Crippen molar-refractivity contribution in [3.05, 3.63) is 28.8 Å². The van der Waals surface area contributed by atoms with E-state index in [-0.39, 0.29) is 12.3 Å². The fraction of sp³-hybridized carbons (Fsp3) is 0.125. The van der Waals surface area contributed by atoms with E-state index in [1.54, 1.807) is 18.2 Å². The lowest BCUT2D eigenvalue weighted by atomic mass is 10.1. The second-order valence-corrected chi connectivity index (χ2v) is 2.91. The lowest BCUT2D eigenvalue weighted by Gasteiger charge is -2.00. The summed E-state index contributed by atoms with van der Waals surface area (Å²) in [6.45, 7) is 0. The van der Waals surface area contributed by atoms with Gasteiger partial charge in [0, 0.05) is 0 Å². The number of nitrogens with two attached hydrogens (primary N) is 2. The molecule has 0 aromatic heterocycles.